The number of hydrogen-bond acceptors (Lipinski definition) is 5. The molecule has 1 saturated carbocycles. The molecule has 2 fully saturated rings. The van der Waals surface area contributed by atoms with Gasteiger partial charge in [-0.3, -0.25) is 0 Å². The second-order valence-electron chi connectivity index (χ2n) is 4.87. The maximum atomic E-state index is 12.4. The third-order valence-corrected chi connectivity index (χ3v) is 4.54. The predicted octanol–water partition coefficient (Wildman–Crippen LogP) is 1.76. The molecule has 100 valence electrons. The first-order valence-electron chi connectivity index (χ1n) is 5.79. The SMILES string of the molecule is OC1CCC2CN(c3nc(C(F)(F)F)ns3)CC12. The zero-order valence-electron chi connectivity index (χ0n) is 9.39. The van der Waals surface area contributed by atoms with Crippen LogP contribution in [0, 0.1) is 11.8 Å². The Morgan fingerprint density at radius 3 is 2.67 bits per heavy atom. The van der Waals surface area contributed by atoms with Gasteiger partial charge in [-0.15, -0.1) is 0 Å². The summed E-state index contributed by atoms with van der Waals surface area (Å²) in [6.45, 7) is 1.26. The van der Waals surface area contributed by atoms with Gasteiger partial charge in [-0.2, -0.15) is 22.5 Å². The highest BCUT2D eigenvalue weighted by Crippen LogP contribution is 2.40. The number of aromatic nitrogens is 2. The Labute approximate surface area is 106 Å². The normalized spacial score (nSPS) is 32.0. The van der Waals surface area contributed by atoms with Gasteiger partial charge in [0.1, 0.15) is 0 Å². The summed E-state index contributed by atoms with van der Waals surface area (Å²) in [6, 6.07) is 0. The average Bonchev–Trinajstić information content (AvgIpc) is 2.93. The Bertz CT molecular complexity index is 450. The molecule has 0 radical (unpaired) electrons. The fraction of sp³-hybridized carbons (Fsp3) is 0.800. The molecule has 3 atom stereocenters. The van der Waals surface area contributed by atoms with Crippen LogP contribution in [0.25, 0.3) is 0 Å². The quantitative estimate of drug-likeness (QED) is 0.851. The van der Waals surface area contributed by atoms with Gasteiger partial charge in [0.2, 0.25) is 11.0 Å². The van der Waals surface area contributed by atoms with E-state index in [2.05, 4.69) is 9.36 Å². The lowest BCUT2D eigenvalue weighted by Gasteiger charge is -2.16. The molecule has 4 nitrogen and oxygen atoms in total. The van der Waals surface area contributed by atoms with Crippen molar-refractivity contribution in [1.29, 1.82) is 0 Å². The summed E-state index contributed by atoms with van der Waals surface area (Å²) < 4.78 is 40.6. The van der Waals surface area contributed by atoms with Crippen LogP contribution in [-0.4, -0.2) is 33.7 Å². The molecule has 0 aromatic carbocycles. The number of aliphatic hydroxyl groups excluding tert-OH is 1. The highest BCUT2D eigenvalue weighted by Gasteiger charge is 2.43. The molecule has 3 rings (SSSR count). The zero-order valence-corrected chi connectivity index (χ0v) is 10.2. The largest absolute Gasteiger partial charge is 0.452 e. The van der Waals surface area contributed by atoms with Gasteiger partial charge in [-0.1, -0.05) is 0 Å². The number of halogens is 3. The molecule has 1 aromatic heterocycles. The first-order chi connectivity index (χ1) is 8.45. The van der Waals surface area contributed by atoms with Crippen molar-refractivity contribution in [3.63, 3.8) is 0 Å². The molecular weight excluding hydrogens is 267 g/mol. The number of anilines is 1. The highest BCUT2D eigenvalue weighted by molar-refractivity contribution is 7.09. The lowest BCUT2D eigenvalue weighted by molar-refractivity contribution is -0.144. The van der Waals surface area contributed by atoms with Crippen molar-refractivity contribution in [2.75, 3.05) is 18.0 Å². The van der Waals surface area contributed by atoms with Crippen molar-refractivity contribution in [1.82, 2.24) is 9.36 Å². The van der Waals surface area contributed by atoms with E-state index in [9.17, 15) is 18.3 Å². The second-order valence-corrected chi connectivity index (χ2v) is 5.60. The molecule has 1 saturated heterocycles. The monoisotopic (exact) mass is 279 g/mol. The van der Waals surface area contributed by atoms with E-state index in [4.69, 9.17) is 0 Å². The molecule has 2 aliphatic rings. The number of hydrogen-bond donors (Lipinski definition) is 1. The Morgan fingerprint density at radius 2 is 2.06 bits per heavy atom. The van der Waals surface area contributed by atoms with Crippen molar-refractivity contribution in [2.45, 2.75) is 25.1 Å². The lowest BCUT2D eigenvalue weighted by atomic mass is 10.00. The van der Waals surface area contributed by atoms with Crippen molar-refractivity contribution in [3.8, 4) is 0 Å². The molecule has 18 heavy (non-hydrogen) atoms. The van der Waals surface area contributed by atoms with Gasteiger partial charge < -0.3 is 10.0 Å². The van der Waals surface area contributed by atoms with Gasteiger partial charge in [-0.05, 0) is 18.8 Å². The minimum Gasteiger partial charge on any atom is -0.393 e. The van der Waals surface area contributed by atoms with Crippen LogP contribution in [0.4, 0.5) is 18.3 Å². The fourth-order valence-electron chi connectivity index (χ4n) is 2.85. The first-order valence-corrected chi connectivity index (χ1v) is 6.56. The van der Waals surface area contributed by atoms with Crippen LogP contribution < -0.4 is 4.90 Å². The molecule has 0 amide bonds. The number of nitrogens with zero attached hydrogens (tertiary/aromatic N) is 3. The number of rotatable bonds is 1. The topological polar surface area (TPSA) is 49.2 Å². The molecule has 1 aliphatic carbocycles. The third-order valence-electron chi connectivity index (χ3n) is 3.76. The van der Waals surface area contributed by atoms with Crippen LogP contribution in [0.15, 0.2) is 0 Å². The van der Waals surface area contributed by atoms with Crippen LogP contribution in [0.3, 0.4) is 0 Å². The second kappa shape index (κ2) is 4.06. The standard InChI is InChI=1S/C10H12F3N3OS/c11-10(12,13)8-14-9(18-15-8)16-3-5-1-2-7(17)6(5)4-16/h5-7,17H,1-4H2. The van der Waals surface area contributed by atoms with Gasteiger partial charge in [0.15, 0.2) is 0 Å². The van der Waals surface area contributed by atoms with Crippen LogP contribution >= 0.6 is 11.5 Å². The van der Waals surface area contributed by atoms with Gasteiger partial charge in [-0.25, -0.2) is 0 Å². The van der Waals surface area contributed by atoms with Gasteiger partial charge >= 0.3 is 6.18 Å². The summed E-state index contributed by atoms with van der Waals surface area (Å²) >= 11 is 0.777. The summed E-state index contributed by atoms with van der Waals surface area (Å²) in [4.78, 5) is 5.35. The van der Waals surface area contributed by atoms with E-state index in [0.29, 0.717) is 24.1 Å². The molecular formula is C10H12F3N3OS. The smallest absolute Gasteiger partial charge is 0.393 e. The number of aliphatic hydroxyl groups is 1. The van der Waals surface area contributed by atoms with E-state index in [1.54, 1.807) is 0 Å². The lowest BCUT2D eigenvalue weighted by Crippen LogP contribution is -2.24. The Kier molecular flexibility index (Phi) is 2.74. The Balaban J connectivity index is 1.75. The van der Waals surface area contributed by atoms with Crippen LogP contribution in [-0.2, 0) is 6.18 Å². The molecule has 0 bridgehead atoms. The van der Waals surface area contributed by atoms with Crippen LogP contribution in [0.2, 0.25) is 0 Å². The maximum absolute atomic E-state index is 12.4. The van der Waals surface area contributed by atoms with Crippen molar-refractivity contribution >= 4 is 16.7 Å². The summed E-state index contributed by atoms with van der Waals surface area (Å²) in [5.41, 5.74) is 0. The van der Waals surface area contributed by atoms with Gasteiger partial charge in [0.05, 0.1) is 6.10 Å². The van der Waals surface area contributed by atoms with E-state index < -0.39 is 12.0 Å². The number of fused-ring (bicyclic) bond motifs is 1. The molecule has 1 aliphatic heterocycles. The molecule has 1 N–H and O–H groups in total. The zero-order chi connectivity index (χ0) is 12.9. The predicted molar refractivity (Wildman–Crippen MR) is 59.3 cm³/mol. The summed E-state index contributed by atoms with van der Waals surface area (Å²) in [6.07, 6.45) is -3.07. The van der Waals surface area contributed by atoms with E-state index in [1.807, 2.05) is 4.90 Å². The van der Waals surface area contributed by atoms with Crippen molar-refractivity contribution in [2.24, 2.45) is 11.8 Å². The van der Waals surface area contributed by atoms with E-state index in [0.717, 1.165) is 24.4 Å². The summed E-state index contributed by atoms with van der Waals surface area (Å²) in [7, 11) is 0. The van der Waals surface area contributed by atoms with E-state index in [1.165, 1.54) is 0 Å². The Hall–Kier alpha value is -0.890. The van der Waals surface area contributed by atoms with Crippen LogP contribution in [0.1, 0.15) is 18.7 Å². The average molecular weight is 279 g/mol. The van der Waals surface area contributed by atoms with Gasteiger partial charge in [0.25, 0.3) is 0 Å². The highest BCUT2D eigenvalue weighted by atomic mass is 32.1. The van der Waals surface area contributed by atoms with E-state index in [-0.39, 0.29) is 12.0 Å². The fourth-order valence-corrected chi connectivity index (χ4v) is 3.56. The molecule has 0 spiro atoms. The van der Waals surface area contributed by atoms with Crippen LogP contribution in [0.5, 0.6) is 0 Å². The third kappa shape index (κ3) is 1.97. The first kappa shape index (κ1) is 12.2. The molecule has 2 heterocycles. The maximum Gasteiger partial charge on any atom is 0.452 e. The molecule has 8 heteroatoms. The summed E-state index contributed by atoms with van der Waals surface area (Å²) in [5.74, 6) is -0.526. The van der Waals surface area contributed by atoms with Gasteiger partial charge in [0, 0.05) is 30.5 Å². The minimum absolute atomic E-state index is 0.170. The van der Waals surface area contributed by atoms with Crippen molar-refractivity contribution < 1.29 is 18.3 Å². The Morgan fingerprint density at radius 1 is 1.28 bits per heavy atom. The molecule has 1 aromatic rings. The molecule has 3 unspecified atom stereocenters. The minimum atomic E-state index is -4.48. The number of alkyl halides is 3. The summed E-state index contributed by atoms with van der Waals surface area (Å²) in [5, 5.41) is 10.1. The van der Waals surface area contributed by atoms with E-state index >= 15 is 0 Å². The van der Waals surface area contributed by atoms with Crippen molar-refractivity contribution in [3.05, 3.63) is 5.82 Å².